The molecular weight excluding hydrogens is 307 g/mol. The summed E-state index contributed by atoms with van der Waals surface area (Å²) >= 11 is 5.83. The van der Waals surface area contributed by atoms with Gasteiger partial charge in [-0.25, -0.2) is 13.1 Å². The molecule has 1 unspecified atom stereocenters. The fourth-order valence-electron chi connectivity index (χ4n) is 1.84. The Labute approximate surface area is 125 Å². The molecular formula is C12H18Cl2N2O2S. The van der Waals surface area contributed by atoms with Gasteiger partial charge in [-0.3, -0.25) is 0 Å². The fourth-order valence-corrected chi connectivity index (χ4v) is 3.42. The number of sulfonamides is 1. The molecule has 1 aromatic rings. The van der Waals surface area contributed by atoms with Gasteiger partial charge in [0.25, 0.3) is 0 Å². The lowest BCUT2D eigenvalue weighted by Crippen LogP contribution is -2.38. The Morgan fingerprint density at radius 2 is 2.11 bits per heavy atom. The van der Waals surface area contributed by atoms with Crippen molar-refractivity contribution in [1.82, 2.24) is 4.72 Å². The smallest absolute Gasteiger partial charge is 0.240 e. The van der Waals surface area contributed by atoms with Crippen LogP contribution < -0.4 is 10.5 Å². The maximum absolute atomic E-state index is 12.1. The van der Waals surface area contributed by atoms with Crippen LogP contribution in [0.3, 0.4) is 0 Å². The predicted molar refractivity (Wildman–Crippen MR) is 79.3 cm³/mol. The largest absolute Gasteiger partial charge is 0.326 e. The van der Waals surface area contributed by atoms with Crippen molar-refractivity contribution in [3.63, 3.8) is 0 Å². The van der Waals surface area contributed by atoms with E-state index in [0.29, 0.717) is 16.5 Å². The van der Waals surface area contributed by atoms with Crippen molar-refractivity contribution in [3.05, 3.63) is 28.8 Å². The molecule has 0 aromatic heterocycles. The molecule has 3 N–H and O–H groups in total. The minimum Gasteiger partial charge on any atom is -0.326 e. The Balaban J connectivity index is 0.00000180. The SMILES string of the molecule is Cc1ccc(Cl)cc1S(=O)(=O)NCC(N)C1CC1.Cl. The van der Waals surface area contributed by atoms with E-state index < -0.39 is 10.0 Å². The highest BCUT2D eigenvalue weighted by molar-refractivity contribution is 7.89. The highest BCUT2D eigenvalue weighted by Crippen LogP contribution is 2.31. The summed E-state index contributed by atoms with van der Waals surface area (Å²) in [6, 6.07) is 4.73. The lowest BCUT2D eigenvalue weighted by molar-refractivity contribution is 0.547. The van der Waals surface area contributed by atoms with E-state index in [1.165, 1.54) is 6.07 Å². The van der Waals surface area contributed by atoms with E-state index in [1.54, 1.807) is 19.1 Å². The number of nitrogens with one attached hydrogen (secondary N) is 1. The number of benzene rings is 1. The molecule has 1 atom stereocenters. The third kappa shape index (κ3) is 4.33. The first kappa shape index (κ1) is 16.7. The van der Waals surface area contributed by atoms with Gasteiger partial charge in [-0.15, -0.1) is 12.4 Å². The summed E-state index contributed by atoms with van der Waals surface area (Å²) in [7, 11) is -3.53. The van der Waals surface area contributed by atoms with Crippen molar-refractivity contribution < 1.29 is 8.42 Å². The van der Waals surface area contributed by atoms with Crippen LogP contribution in [-0.2, 0) is 10.0 Å². The van der Waals surface area contributed by atoms with E-state index >= 15 is 0 Å². The van der Waals surface area contributed by atoms with Crippen LogP contribution in [0, 0.1) is 12.8 Å². The molecule has 0 radical (unpaired) electrons. The zero-order valence-electron chi connectivity index (χ0n) is 10.6. The van der Waals surface area contributed by atoms with Crippen LogP contribution in [0.1, 0.15) is 18.4 Å². The van der Waals surface area contributed by atoms with Crippen molar-refractivity contribution in [2.24, 2.45) is 11.7 Å². The number of nitrogens with two attached hydrogens (primary N) is 1. The number of hydrogen-bond donors (Lipinski definition) is 2. The first-order valence-corrected chi connectivity index (χ1v) is 7.77. The summed E-state index contributed by atoms with van der Waals surface area (Å²) in [5.74, 6) is 0.466. The van der Waals surface area contributed by atoms with Crippen LogP contribution >= 0.6 is 24.0 Å². The Bertz CT molecular complexity index is 545. The third-order valence-corrected chi connectivity index (χ3v) is 4.98. The molecule has 0 heterocycles. The Hall–Kier alpha value is -0.330. The van der Waals surface area contributed by atoms with Gasteiger partial charge < -0.3 is 5.73 Å². The van der Waals surface area contributed by atoms with E-state index in [1.807, 2.05) is 0 Å². The summed E-state index contributed by atoms with van der Waals surface area (Å²) in [5.41, 5.74) is 6.55. The van der Waals surface area contributed by atoms with Gasteiger partial charge in [0.05, 0.1) is 4.90 Å². The maximum Gasteiger partial charge on any atom is 0.240 e. The number of aryl methyl sites for hydroxylation is 1. The minimum atomic E-state index is -3.53. The average Bonchev–Trinajstić information content (AvgIpc) is 3.13. The normalized spacial score (nSPS) is 16.8. The third-order valence-electron chi connectivity index (χ3n) is 3.18. The molecule has 1 fully saturated rings. The number of halogens is 2. The van der Waals surface area contributed by atoms with Crippen LogP contribution in [0.2, 0.25) is 5.02 Å². The van der Waals surface area contributed by atoms with Gasteiger partial charge in [0.2, 0.25) is 10.0 Å². The first-order valence-electron chi connectivity index (χ1n) is 5.91. The maximum atomic E-state index is 12.1. The highest BCUT2D eigenvalue weighted by Gasteiger charge is 2.29. The van der Waals surface area contributed by atoms with Crippen LogP contribution in [0.15, 0.2) is 23.1 Å². The molecule has 4 nitrogen and oxygen atoms in total. The van der Waals surface area contributed by atoms with Crippen LogP contribution in [-0.4, -0.2) is 21.0 Å². The average molecular weight is 325 g/mol. The van der Waals surface area contributed by atoms with Gasteiger partial charge in [0.1, 0.15) is 0 Å². The van der Waals surface area contributed by atoms with Gasteiger partial charge in [-0.1, -0.05) is 17.7 Å². The van der Waals surface area contributed by atoms with Gasteiger partial charge in [0.15, 0.2) is 0 Å². The van der Waals surface area contributed by atoms with Gasteiger partial charge in [0, 0.05) is 17.6 Å². The first-order chi connectivity index (χ1) is 8.40. The van der Waals surface area contributed by atoms with Gasteiger partial charge in [-0.2, -0.15) is 0 Å². The molecule has 2 rings (SSSR count). The Morgan fingerprint density at radius 3 is 2.68 bits per heavy atom. The second-order valence-electron chi connectivity index (χ2n) is 4.76. The summed E-state index contributed by atoms with van der Waals surface area (Å²) in [5, 5.41) is 0.410. The van der Waals surface area contributed by atoms with Crippen LogP contribution in [0.25, 0.3) is 0 Å². The Morgan fingerprint density at radius 1 is 1.47 bits per heavy atom. The zero-order chi connectivity index (χ0) is 13.3. The van der Waals surface area contributed by atoms with E-state index in [4.69, 9.17) is 17.3 Å². The molecule has 0 spiro atoms. The monoisotopic (exact) mass is 324 g/mol. The molecule has 0 bridgehead atoms. The van der Waals surface area contributed by atoms with Crippen molar-refractivity contribution in [2.75, 3.05) is 6.54 Å². The summed E-state index contributed by atoms with van der Waals surface area (Å²) in [6.07, 6.45) is 2.19. The number of rotatable bonds is 5. The minimum absolute atomic E-state index is 0. The van der Waals surface area contributed by atoms with E-state index in [0.717, 1.165) is 12.8 Å². The van der Waals surface area contributed by atoms with E-state index in [2.05, 4.69) is 4.72 Å². The van der Waals surface area contributed by atoms with E-state index in [-0.39, 0.29) is 29.9 Å². The standard InChI is InChI=1S/C12H17ClN2O2S.ClH/c1-8-2-5-10(13)6-12(8)18(16,17)15-7-11(14)9-3-4-9;/h2,5-6,9,11,15H,3-4,7,14H2,1H3;1H. The lowest BCUT2D eigenvalue weighted by Gasteiger charge is -2.13. The van der Waals surface area contributed by atoms with Crippen molar-refractivity contribution in [1.29, 1.82) is 0 Å². The quantitative estimate of drug-likeness (QED) is 0.871. The molecule has 1 aliphatic rings. The van der Waals surface area contributed by atoms with Gasteiger partial charge >= 0.3 is 0 Å². The van der Waals surface area contributed by atoms with Crippen LogP contribution in [0.4, 0.5) is 0 Å². The fraction of sp³-hybridized carbons (Fsp3) is 0.500. The molecule has 0 aliphatic heterocycles. The molecule has 7 heteroatoms. The van der Waals surface area contributed by atoms with Gasteiger partial charge in [-0.05, 0) is 43.4 Å². The zero-order valence-corrected chi connectivity index (χ0v) is 13.0. The molecule has 1 aliphatic carbocycles. The topological polar surface area (TPSA) is 72.2 Å². The highest BCUT2D eigenvalue weighted by atomic mass is 35.5. The summed E-state index contributed by atoms with van der Waals surface area (Å²) in [6.45, 7) is 2.02. The van der Waals surface area contributed by atoms with Crippen molar-refractivity contribution in [2.45, 2.75) is 30.7 Å². The second-order valence-corrected chi connectivity index (χ2v) is 6.93. The molecule has 19 heavy (non-hydrogen) atoms. The lowest BCUT2D eigenvalue weighted by atomic mass is 10.2. The second kappa shape index (κ2) is 6.41. The summed E-state index contributed by atoms with van der Waals surface area (Å²) < 4.78 is 26.8. The van der Waals surface area contributed by atoms with E-state index in [9.17, 15) is 8.42 Å². The molecule has 1 saturated carbocycles. The Kier molecular flexibility index (Phi) is 5.65. The van der Waals surface area contributed by atoms with Crippen LogP contribution in [0.5, 0.6) is 0 Å². The summed E-state index contributed by atoms with van der Waals surface area (Å²) in [4.78, 5) is 0.220. The molecule has 1 aromatic carbocycles. The van der Waals surface area contributed by atoms with Crippen molar-refractivity contribution >= 4 is 34.0 Å². The van der Waals surface area contributed by atoms with Crippen molar-refractivity contribution in [3.8, 4) is 0 Å². The molecule has 108 valence electrons. The predicted octanol–water partition coefficient (Wildman–Crippen LogP) is 2.09. The molecule has 0 amide bonds. The number of hydrogen-bond acceptors (Lipinski definition) is 3. The molecule has 0 saturated heterocycles.